The molecule has 0 saturated carbocycles. The van der Waals surface area contributed by atoms with Crippen LogP contribution in [0, 0.1) is 5.92 Å². The van der Waals surface area contributed by atoms with E-state index in [1.54, 1.807) is 0 Å². The van der Waals surface area contributed by atoms with Crippen LogP contribution in [0.4, 0.5) is 0 Å². The first-order valence-corrected chi connectivity index (χ1v) is 5.09. The van der Waals surface area contributed by atoms with Gasteiger partial charge >= 0.3 is 0 Å². The summed E-state index contributed by atoms with van der Waals surface area (Å²) < 4.78 is 4.98. The van der Waals surface area contributed by atoms with Crippen LogP contribution in [0.3, 0.4) is 0 Å². The third-order valence-electron chi connectivity index (χ3n) is 2.03. The Morgan fingerprint density at radius 3 is 2.57 bits per heavy atom. The summed E-state index contributed by atoms with van der Waals surface area (Å²) in [4.78, 5) is 11.3. The first-order valence-electron chi connectivity index (χ1n) is 5.09. The maximum Gasteiger partial charge on any atom is 0.246 e. The van der Waals surface area contributed by atoms with Crippen LogP contribution in [0.15, 0.2) is 0 Å². The van der Waals surface area contributed by atoms with E-state index >= 15 is 0 Å². The van der Waals surface area contributed by atoms with Crippen LogP contribution in [0.25, 0.3) is 0 Å². The van der Waals surface area contributed by atoms with Crippen molar-refractivity contribution in [2.45, 2.75) is 33.2 Å². The summed E-state index contributed by atoms with van der Waals surface area (Å²) in [7, 11) is 0. The first-order chi connectivity index (χ1) is 6.61. The van der Waals surface area contributed by atoms with Crippen molar-refractivity contribution in [1.29, 1.82) is 0 Å². The third kappa shape index (κ3) is 5.94. The van der Waals surface area contributed by atoms with E-state index in [4.69, 9.17) is 9.84 Å². The highest BCUT2D eigenvalue weighted by molar-refractivity contribution is 5.77. The van der Waals surface area contributed by atoms with E-state index in [1.807, 2.05) is 20.8 Å². The normalized spacial score (nSPS) is 12.9. The van der Waals surface area contributed by atoms with E-state index in [9.17, 15) is 4.79 Å². The largest absolute Gasteiger partial charge is 0.396 e. The molecule has 14 heavy (non-hydrogen) atoms. The first kappa shape index (κ1) is 13.4. The molecular formula is C10H21NO3. The maximum absolute atomic E-state index is 11.3. The third-order valence-corrected chi connectivity index (χ3v) is 2.03. The maximum atomic E-state index is 11.3. The Kier molecular flexibility index (Phi) is 7.42. The van der Waals surface area contributed by atoms with Crippen molar-refractivity contribution >= 4 is 5.91 Å². The van der Waals surface area contributed by atoms with Crippen molar-refractivity contribution in [2.75, 3.05) is 19.8 Å². The van der Waals surface area contributed by atoms with Gasteiger partial charge in [0, 0.05) is 19.3 Å². The zero-order valence-corrected chi connectivity index (χ0v) is 9.25. The van der Waals surface area contributed by atoms with Gasteiger partial charge < -0.3 is 15.2 Å². The average Bonchev–Trinajstić information content (AvgIpc) is 2.14. The number of nitrogens with one attached hydrogen (secondary N) is 1. The summed E-state index contributed by atoms with van der Waals surface area (Å²) in [6, 6.07) is 0.0351. The second-order valence-electron chi connectivity index (χ2n) is 3.57. The number of carbonyl (C=O) groups excluding carboxylic acids is 1. The zero-order valence-electron chi connectivity index (χ0n) is 9.25. The van der Waals surface area contributed by atoms with Crippen molar-refractivity contribution in [2.24, 2.45) is 5.92 Å². The van der Waals surface area contributed by atoms with Crippen molar-refractivity contribution in [3.8, 4) is 0 Å². The van der Waals surface area contributed by atoms with Gasteiger partial charge in [0.15, 0.2) is 0 Å². The van der Waals surface area contributed by atoms with Crippen LogP contribution in [0.2, 0.25) is 0 Å². The summed E-state index contributed by atoms with van der Waals surface area (Å²) in [6.45, 7) is 6.62. The van der Waals surface area contributed by atoms with Gasteiger partial charge in [0.2, 0.25) is 5.91 Å². The molecule has 0 saturated heterocycles. The Hall–Kier alpha value is -0.610. The number of hydrogen-bond donors (Lipinski definition) is 2. The van der Waals surface area contributed by atoms with Crippen LogP contribution in [-0.2, 0) is 9.53 Å². The van der Waals surface area contributed by atoms with Gasteiger partial charge in [-0.05, 0) is 19.3 Å². The number of amides is 1. The van der Waals surface area contributed by atoms with Gasteiger partial charge in [-0.1, -0.05) is 13.8 Å². The number of aliphatic hydroxyl groups excluding tert-OH is 1. The Morgan fingerprint density at radius 2 is 2.14 bits per heavy atom. The molecule has 0 bridgehead atoms. The molecule has 84 valence electrons. The summed E-state index contributed by atoms with van der Waals surface area (Å²) in [5.41, 5.74) is 0. The topological polar surface area (TPSA) is 58.6 Å². The number of carbonyl (C=O) groups is 1. The zero-order chi connectivity index (χ0) is 11.0. The molecule has 0 aromatic heterocycles. The molecule has 0 aliphatic carbocycles. The fourth-order valence-corrected chi connectivity index (χ4v) is 1.15. The lowest BCUT2D eigenvalue weighted by atomic mass is 10.0. The van der Waals surface area contributed by atoms with Gasteiger partial charge in [-0.25, -0.2) is 0 Å². The lowest BCUT2D eigenvalue weighted by Gasteiger charge is -2.21. The second-order valence-corrected chi connectivity index (χ2v) is 3.57. The summed E-state index contributed by atoms with van der Waals surface area (Å²) >= 11 is 0. The van der Waals surface area contributed by atoms with Gasteiger partial charge in [0.25, 0.3) is 0 Å². The molecule has 0 rings (SSSR count). The molecule has 0 aromatic rings. The highest BCUT2D eigenvalue weighted by Gasteiger charge is 2.15. The predicted molar refractivity (Wildman–Crippen MR) is 55.0 cm³/mol. The highest BCUT2D eigenvalue weighted by Crippen LogP contribution is 2.05. The fraction of sp³-hybridized carbons (Fsp3) is 0.900. The molecule has 0 aliphatic rings. The smallest absolute Gasteiger partial charge is 0.246 e. The Balaban J connectivity index is 3.83. The van der Waals surface area contributed by atoms with Crippen molar-refractivity contribution in [3.05, 3.63) is 0 Å². The molecular weight excluding hydrogens is 182 g/mol. The van der Waals surface area contributed by atoms with Crippen molar-refractivity contribution < 1.29 is 14.6 Å². The fourth-order valence-electron chi connectivity index (χ4n) is 1.15. The standard InChI is InChI=1S/C10H21NO3/c1-4-14-7-10(13)11-9(5-6-12)8(2)3/h8-9,12H,4-7H2,1-3H3,(H,11,13). The molecule has 0 aliphatic heterocycles. The molecule has 1 amide bonds. The molecule has 0 aromatic carbocycles. The van der Waals surface area contributed by atoms with E-state index in [1.165, 1.54) is 0 Å². The van der Waals surface area contributed by atoms with Crippen LogP contribution in [0.5, 0.6) is 0 Å². The van der Waals surface area contributed by atoms with Crippen LogP contribution in [-0.4, -0.2) is 36.9 Å². The molecule has 1 atom stereocenters. The summed E-state index contributed by atoms with van der Waals surface area (Å²) in [5, 5.41) is 11.6. The SMILES string of the molecule is CCOCC(=O)NC(CCO)C(C)C. The Bertz CT molecular complexity index is 159. The number of hydrogen-bond acceptors (Lipinski definition) is 3. The number of ether oxygens (including phenoxy) is 1. The molecule has 4 heteroatoms. The highest BCUT2D eigenvalue weighted by atomic mass is 16.5. The average molecular weight is 203 g/mol. The molecule has 4 nitrogen and oxygen atoms in total. The molecule has 0 fully saturated rings. The van der Waals surface area contributed by atoms with Gasteiger partial charge in [-0.15, -0.1) is 0 Å². The van der Waals surface area contributed by atoms with Crippen LogP contribution < -0.4 is 5.32 Å². The van der Waals surface area contributed by atoms with Crippen LogP contribution >= 0.6 is 0 Å². The summed E-state index contributed by atoms with van der Waals surface area (Å²) in [6.07, 6.45) is 0.593. The Labute approximate surface area is 85.6 Å². The molecule has 2 N–H and O–H groups in total. The second kappa shape index (κ2) is 7.76. The predicted octanol–water partition coefficient (Wildman–Crippen LogP) is 0.546. The minimum atomic E-state index is -0.112. The van der Waals surface area contributed by atoms with Gasteiger partial charge in [0.1, 0.15) is 6.61 Å². The van der Waals surface area contributed by atoms with Crippen molar-refractivity contribution in [1.82, 2.24) is 5.32 Å². The minimum absolute atomic E-state index is 0.0351. The quantitative estimate of drug-likeness (QED) is 0.635. The van der Waals surface area contributed by atoms with E-state index < -0.39 is 0 Å². The molecule has 0 heterocycles. The van der Waals surface area contributed by atoms with Gasteiger partial charge in [-0.3, -0.25) is 4.79 Å². The van der Waals surface area contributed by atoms with Gasteiger partial charge in [-0.2, -0.15) is 0 Å². The lowest BCUT2D eigenvalue weighted by molar-refractivity contribution is -0.126. The Morgan fingerprint density at radius 1 is 1.50 bits per heavy atom. The van der Waals surface area contributed by atoms with E-state index in [-0.39, 0.29) is 25.2 Å². The monoisotopic (exact) mass is 203 g/mol. The molecule has 0 spiro atoms. The van der Waals surface area contributed by atoms with Gasteiger partial charge in [0.05, 0.1) is 0 Å². The van der Waals surface area contributed by atoms with E-state index in [0.29, 0.717) is 18.9 Å². The number of rotatable bonds is 7. The molecule has 1 unspecified atom stereocenters. The van der Waals surface area contributed by atoms with E-state index in [2.05, 4.69) is 5.32 Å². The van der Waals surface area contributed by atoms with Crippen LogP contribution in [0.1, 0.15) is 27.2 Å². The van der Waals surface area contributed by atoms with Crippen molar-refractivity contribution in [3.63, 3.8) is 0 Å². The molecule has 0 radical (unpaired) electrons. The summed E-state index contributed by atoms with van der Waals surface area (Å²) in [5.74, 6) is 0.215. The minimum Gasteiger partial charge on any atom is -0.396 e. The lowest BCUT2D eigenvalue weighted by Crippen LogP contribution is -2.41. The number of aliphatic hydroxyl groups is 1. The van der Waals surface area contributed by atoms with E-state index in [0.717, 1.165) is 0 Å².